The van der Waals surface area contributed by atoms with Crippen LogP contribution in [-0.2, 0) is 14.3 Å². The number of ether oxygens (including phenoxy) is 2. The second-order valence-corrected chi connectivity index (χ2v) is 6.66. The van der Waals surface area contributed by atoms with Crippen molar-refractivity contribution >= 4 is 23.5 Å². The van der Waals surface area contributed by atoms with Gasteiger partial charge >= 0.3 is 11.9 Å². The molecule has 0 aromatic heterocycles. The maximum absolute atomic E-state index is 11.9. The van der Waals surface area contributed by atoms with Gasteiger partial charge in [0.25, 0.3) is 0 Å². The fraction of sp³-hybridized carbons (Fsp3) is 0.600. The quantitative estimate of drug-likeness (QED) is 0.288. The van der Waals surface area contributed by atoms with Crippen LogP contribution in [0.3, 0.4) is 0 Å². The van der Waals surface area contributed by atoms with Crippen molar-refractivity contribution in [3.05, 3.63) is 28.8 Å². The number of esters is 2. The smallest absolute Gasteiger partial charge is 0.311 e. The third-order valence-corrected chi connectivity index (χ3v) is 4.43. The van der Waals surface area contributed by atoms with Crippen LogP contribution >= 0.6 is 11.6 Å². The molecule has 1 unspecified atom stereocenters. The summed E-state index contributed by atoms with van der Waals surface area (Å²) in [7, 11) is 0. The predicted octanol–water partition coefficient (Wildman–Crippen LogP) is 5.63. The van der Waals surface area contributed by atoms with Crippen LogP contribution in [0.5, 0.6) is 5.75 Å². The van der Waals surface area contributed by atoms with Crippen LogP contribution in [0.4, 0.5) is 0 Å². The van der Waals surface area contributed by atoms with Crippen LogP contribution < -0.4 is 4.74 Å². The molecule has 1 atom stereocenters. The molecule has 1 rings (SSSR count). The van der Waals surface area contributed by atoms with E-state index in [1.54, 1.807) is 18.2 Å². The van der Waals surface area contributed by atoms with Crippen LogP contribution in [-0.4, -0.2) is 18.0 Å². The molecule has 0 fully saturated rings. The number of halogens is 1. The maximum Gasteiger partial charge on any atom is 0.311 e. The molecule has 0 aliphatic carbocycles. The van der Waals surface area contributed by atoms with Crippen molar-refractivity contribution in [2.75, 3.05) is 0 Å². The lowest BCUT2D eigenvalue weighted by Crippen LogP contribution is -2.18. The summed E-state index contributed by atoms with van der Waals surface area (Å²) >= 11 is 5.94. The van der Waals surface area contributed by atoms with E-state index in [4.69, 9.17) is 21.1 Å². The fourth-order valence-corrected chi connectivity index (χ4v) is 2.57. The molecule has 0 saturated carbocycles. The highest BCUT2D eigenvalue weighted by molar-refractivity contribution is 6.31. The van der Waals surface area contributed by atoms with Gasteiger partial charge in [-0.15, -0.1) is 0 Å². The van der Waals surface area contributed by atoms with Gasteiger partial charge < -0.3 is 9.47 Å². The second kappa shape index (κ2) is 11.9. The number of hydrogen-bond donors (Lipinski definition) is 0. The largest absolute Gasteiger partial charge is 0.462 e. The Morgan fingerprint density at radius 3 is 2.44 bits per heavy atom. The average Bonchev–Trinajstić information content (AvgIpc) is 2.57. The van der Waals surface area contributed by atoms with Crippen LogP contribution in [0.25, 0.3) is 0 Å². The molecular weight excluding hydrogens is 340 g/mol. The van der Waals surface area contributed by atoms with Gasteiger partial charge in [-0.05, 0) is 56.4 Å². The van der Waals surface area contributed by atoms with E-state index in [2.05, 4.69) is 6.92 Å². The number of unbranched alkanes of at least 4 members (excludes halogenated alkanes) is 2. The zero-order valence-electron chi connectivity index (χ0n) is 15.5. The molecule has 0 bridgehead atoms. The molecule has 0 heterocycles. The highest BCUT2D eigenvalue weighted by atomic mass is 35.5. The summed E-state index contributed by atoms with van der Waals surface area (Å²) in [5.41, 5.74) is 0.851. The standard InChI is InChI=1S/C20H29ClO4/c1-4-6-7-9-16(5-2)24-19(22)10-8-11-20(23)25-17-12-13-18(21)15(3)14-17/h12-14,16H,4-11H2,1-3H3. The summed E-state index contributed by atoms with van der Waals surface area (Å²) in [5.74, 6) is -0.126. The minimum atomic E-state index is -0.357. The summed E-state index contributed by atoms with van der Waals surface area (Å²) in [6.07, 6.45) is 5.96. The van der Waals surface area contributed by atoms with Crippen molar-refractivity contribution in [1.29, 1.82) is 0 Å². The minimum absolute atomic E-state index is 0.0111. The van der Waals surface area contributed by atoms with E-state index < -0.39 is 0 Å². The summed E-state index contributed by atoms with van der Waals surface area (Å²) in [6, 6.07) is 5.07. The lowest BCUT2D eigenvalue weighted by Gasteiger charge is -2.15. The Balaban J connectivity index is 2.27. The Hall–Kier alpha value is -1.55. The first-order valence-electron chi connectivity index (χ1n) is 9.12. The predicted molar refractivity (Wildman–Crippen MR) is 100.0 cm³/mol. The van der Waals surface area contributed by atoms with E-state index in [9.17, 15) is 9.59 Å². The normalized spacial score (nSPS) is 11.8. The van der Waals surface area contributed by atoms with Crippen molar-refractivity contribution in [1.82, 2.24) is 0 Å². The maximum atomic E-state index is 11.9. The highest BCUT2D eigenvalue weighted by Crippen LogP contribution is 2.21. The van der Waals surface area contributed by atoms with E-state index in [0.29, 0.717) is 17.2 Å². The van der Waals surface area contributed by atoms with Crippen molar-refractivity contribution in [3.63, 3.8) is 0 Å². The molecule has 0 radical (unpaired) electrons. The first kappa shape index (κ1) is 21.5. The Bertz CT molecular complexity index is 557. The monoisotopic (exact) mass is 368 g/mol. The van der Waals surface area contributed by atoms with Gasteiger partial charge in [-0.25, -0.2) is 0 Å². The van der Waals surface area contributed by atoms with Crippen LogP contribution in [0.2, 0.25) is 5.02 Å². The van der Waals surface area contributed by atoms with Gasteiger partial charge in [-0.3, -0.25) is 9.59 Å². The first-order valence-corrected chi connectivity index (χ1v) is 9.50. The molecule has 5 heteroatoms. The topological polar surface area (TPSA) is 52.6 Å². The number of rotatable bonds is 11. The van der Waals surface area contributed by atoms with Gasteiger partial charge in [0.1, 0.15) is 11.9 Å². The number of aryl methyl sites for hydroxylation is 1. The Morgan fingerprint density at radius 2 is 1.80 bits per heavy atom. The Morgan fingerprint density at radius 1 is 1.08 bits per heavy atom. The average molecular weight is 369 g/mol. The van der Waals surface area contributed by atoms with Crippen LogP contribution in [0.1, 0.15) is 70.8 Å². The molecule has 0 aliphatic heterocycles. The van der Waals surface area contributed by atoms with Gasteiger partial charge in [-0.1, -0.05) is 38.3 Å². The summed E-state index contributed by atoms with van der Waals surface area (Å²) in [4.78, 5) is 23.7. The lowest BCUT2D eigenvalue weighted by atomic mass is 10.1. The third-order valence-electron chi connectivity index (χ3n) is 4.01. The molecule has 0 N–H and O–H groups in total. The molecular formula is C20H29ClO4. The highest BCUT2D eigenvalue weighted by Gasteiger charge is 2.13. The van der Waals surface area contributed by atoms with Crippen molar-refractivity contribution in [2.45, 2.75) is 78.2 Å². The zero-order valence-corrected chi connectivity index (χ0v) is 16.2. The number of benzene rings is 1. The van der Waals surface area contributed by atoms with E-state index >= 15 is 0 Å². The van der Waals surface area contributed by atoms with E-state index in [0.717, 1.165) is 37.7 Å². The van der Waals surface area contributed by atoms with Crippen molar-refractivity contribution in [3.8, 4) is 5.75 Å². The van der Waals surface area contributed by atoms with E-state index in [-0.39, 0.29) is 30.9 Å². The SMILES string of the molecule is CCCCCC(CC)OC(=O)CCCC(=O)Oc1ccc(Cl)c(C)c1. The van der Waals surface area contributed by atoms with Crippen molar-refractivity contribution < 1.29 is 19.1 Å². The van der Waals surface area contributed by atoms with Gasteiger partial charge in [0.05, 0.1) is 0 Å². The molecule has 1 aromatic rings. The summed E-state index contributed by atoms with van der Waals surface area (Å²) in [5, 5.41) is 0.631. The number of hydrogen-bond acceptors (Lipinski definition) is 4. The lowest BCUT2D eigenvalue weighted by molar-refractivity contribution is -0.149. The number of carbonyl (C=O) groups excluding carboxylic acids is 2. The Kier molecular flexibility index (Phi) is 10.2. The second-order valence-electron chi connectivity index (χ2n) is 6.25. The van der Waals surface area contributed by atoms with E-state index in [1.165, 1.54) is 0 Å². The van der Waals surface area contributed by atoms with E-state index in [1.807, 2.05) is 13.8 Å². The van der Waals surface area contributed by atoms with Gasteiger partial charge in [-0.2, -0.15) is 0 Å². The van der Waals surface area contributed by atoms with Crippen LogP contribution in [0, 0.1) is 6.92 Å². The van der Waals surface area contributed by atoms with Gasteiger partial charge in [0.2, 0.25) is 0 Å². The molecule has 0 aliphatic rings. The van der Waals surface area contributed by atoms with Crippen LogP contribution in [0.15, 0.2) is 18.2 Å². The molecule has 1 aromatic carbocycles. The molecule has 140 valence electrons. The fourth-order valence-electron chi connectivity index (χ4n) is 2.45. The Labute approximate surface area is 155 Å². The zero-order chi connectivity index (χ0) is 18.7. The molecule has 4 nitrogen and oxygen atoms in total. The van der Waals surface area contributed by atoms with Gasteiger partial charge in [0, 0.05) is 17.9 Å². The molecule has 0 amide bonds. The first-order chi connectivity index (χ1) is 12.0. The summed E-state index contributed by atoms with van der Waals surface area (Å²) in [6.45, 7) is 6.02. The molecule has 0 saturated heterocycles. The summed E-state index contributed by atoms with van der Waals surface area (Å²) < 4.78 is 10.7. The van der Waals surface area contributed by atoms with Gasteiger partial charge in [0.15, 0.2) is 0 Å². The molecule has 25 heavy (non-hydrogen) atoms. The third kappa shape index (κ3) is 8.92. The minimum Gasteiger partial charge on any atom is -0.462 e. The molecule has 0 spiro atoms. The number of carbonyl (C=O) groups is 2. The van der Waals surface area contributed by atoms with Crippen molar-refractivity contribution in [2.24, 2.45) is 0 Å².